The van der Waals surface area contributed by atoms with Crippen molar-refractivity contribution in [3.05, 3.63) is 29.8 Å². The topological polar surface area (TPSA) is 88.2 Å². The predicted molar refractivity (Wildman–Crippen MR) is 53.7 cm³/mol. The van der Waals surface area contributed by atoms with Gasteiger partial charge in [0.05, 0.1) is 0 Å². The first-order valence-corrected chi connectivity index (χ1v) is 4.40. The van der Waals surface area contributed by atoms with E-state index in [1.165, 1.54) is 0 Å². The van der Waals surface area contributed by atoms with Gasteiger partial charge in [-0.25, -0.2) is 0 Å². The second kappa shape index (κ2) is 6.65. The van der Waals surface area contributed by atoms with E-state index in [-0.39, 0.29) is 40.9 Å². The van der Waals surface area contributed by atoms with E-state index in [4.69, 9.17) is 0 Å². The summed E-state index contributed by atoms with van der Waals surface area (Å²) in [5.41, 5.74) is 1.88. The number of hydrogen-bond donors (Lipinski definition) is 2. The van der Waals surface area contributed by atoms with Gasteiger partial charge in [-0.1, -0.05) is 18.2 Å². The molecule has 80 valence electrons. The van der Waals surface area contributed by atoms with Gasteiger partial charge < -0.3 is 16.1 Å². The largest absolute Gasteiger partial charge is 1.00 e. The third-order valence-electron chi connectivity index (χ3n) is 2.28. The van der Waals surface area contributed by atoms with E-state index < -0.39 is 6.04 Å². The fourth-order valence-corrected chi connectivity index (χ4v) is 1.57. The standard InChI is InChI=1S/C10H10N2O2.Na.H2O/c13-6-11-9-5-7-3-1-2-4-8(7)12-10(9)14;;/h1-4,6,9H,5H2,(H,11,13)(H,12,14);;1H2/q;+1;/p-1. The first-order chi connectivity index (χ1) is 6.81. The van der Waals surface area contributed by atoms with Crippen molar-refractivity contribution >= 4 is 18.0 Å². The van der Waals surface area contributed by atoms with Gasteiger partial charge in [-0.3, -0.25) is 9.59 Å². The number of benzene rings is 1. The first kappa shape index (κ1) is 15.1. The van der Waals surface area contributed by atoms with Crippen LogP contribution in [-0.4, -0.2) is 23.8 Å². The second-order valence-corrected chi connectivity index (χ2v) is 3.19. The molecule has 2 amide bonds. The third kappa shape index (κ3) is 3.05. The quantitative estimate of drug-likeness (QED) is 0.422. The molecule has 3 N–H and O–H groups in total. The van der Waals surface area contributed by atoms with E-state index in [1.807, 2.05) is 24.3 Å². The number of fused-ring (bicyclic) bond motifs is 1. The fraction of sp³-hybridized carbons (Fsp3) is 0.200. The van der Waals surface area contributed by atoms with Crippen LogP contribution in [0, 0.1) is 0 Å². The van der Waals surface area contributed by atoms with Gasteiger partial charge in [-0.15, -0.1) is 0 Å². The Kier molecular flexibility index (Phi) is 6.28. The van der Waals surface area contributed by atoms with Gasteiger partial charge in [0.2, 0.25) is 12.3 Å². The van der Waals surface area contributed by atoms with Crippen LogP contribution >= 0.6 is 0 Å². The number of hydrogen-bond acceptors (Lipinski definition) is 3. The molecule has 1 atom stereocenters. The van der Waals surface area contributed by atoms with E-state index >= 15 is 0 Å². The Morgan fingerprint density at radius 2 is 2.06 bits per heavy atom. The average molecular weight is 230 g/mol. The molecule has 2 rings (SSSR count). The van der Waals surface area contributed by atoms with E-state index in [0.29, 0.717) is 12.8 Å². The van der Waals surface area contributed by atoms with Gasteiger partial charge in [0.1, 0.15) is 6.04 Å². The Morgan fingerprint density at radius 3 is 2.75 bits per heavy atom. The van der Waals surface area contributed by atoms with Crippen LogP contribution in [0.4, 0.5) is 5.69 Å². The van der Waals surface area contributed by atoms with E-state index in [9.17, 15) is 9.59 Å². The van der Waals surface area contributed by atoms with Crippen LogP contribution in [0.2, 0.25) is 0 Å². The van der Waals surface area contributed by atoms with Gasteiger partial charge in [0.25, 0.3) is 0 Å². The maximum Gasteiger partial charge on any atom is 1.00 e. The minimum atomic E-state index is -0.442. The molecule has 1 aromatic rings. The summed E-state index contributed by atoms with van der Waals surface area (Å²) in [6, 6.07) is 7.13. The number of anilines is 1. The molecule has 0 radical (unpaired) electrons. The molecule has 0 bridgehead atoms. The van der Waals surface area contributed by atoms with Crippen LogP contribution in [0.25, 0.3) is 0 Å². The molecule has 5 nitrogen and oxygen atoms in total. The summed E-state index contributed by atoms with van der Waals surface area (Å²) in [6.07, 6.45) is 1.11. The van der Waals surface area contributed by atoms with Gasteiger partial charge in [-0.05, 0) is 11.6 Å². The van der Waals surface area contributed by atoms with E-state index in [1.54, 1.807) is 0 Å². The molecule has 0 aromatic heterocycles. The van der Waals surface area contributed by atoms with Crippen molar-refractivity contribution in [2.45, 2.75) is 12.5 Å². The smallest absolute Gasteiger partial charge is 0.870 e. The van der Waals surface area contributed by atoms with Crippen molar-refractivity contribution in [2.24, 2.45) is 0 Å². The van der Waals surface area contributed by atoms with Crippen molar-refractivity contribution in [1.29, 1.82) is 0 Å². The Morgan fingerprint density at radius 1 is 1.38 bits per heavy atom. The SMILES string of the molecule is O=CNC1Cc2ccccc2NC1=O.[Na+].[OH-]. The molecule has 1 aliphatic heterocycles. The zero-order valence-corrected chi connectivity index (χ0v) is 10.9. The molecular weight excluding hydrogens is 219 g/mol. The minimum Gasteiger partial charge on any atom is -0.870 e. The molecule has 1 aromatic carbocycles. The van der Waals surface area contributed by atoms with E-state index in [2.05, 4.69) is 10.6 Å². The van der Waals surface area contributed by atoms with Gasteiger partial charge in [-0.2, -0.15) is 0 Å². The van der Waals surface area contributed by atoms with E-state index in [0.717, 1.165) is 11.3 Å². The third-order valence-corrected chi connectivity index (χ3v) is 2.28. The zero-order valence-electron chi connectivity index (χ0n) is 8.93. The molecule has 0 fully saturated rings. The maximum atomic E-state index is 11.4. The van der Waals surface area contributed by atoms with Gasteiger partial charge in [0, 0.05) is 12.1 Å². The Labute approximate surface area is 115 Å². The zero-order chi connectivity index (χ0) is 9.97. The van der Waals surface area contributed by atoms with Crippen LogP contribution in [0.3, 0.4) is 0 Å². The Hall–Kier alpha value is -0.880. The van der Waals surface area contributed by atoms with Gasteiger partial charge >= 0.3 is 29.6 Å². The molecule has 0 saturated carbocycles. The summed E-state index contributed by atoms with van der Waals surface area (Å²) in [7, 11) is 0. The van der Waals surface area contributed by atoms with Crippen LogP contribution in [-0.2, 0) is 16.0 Å². The molecule has 6 heteroatoms. The number of carbonyl (C=O) groups excluding carboxylic acids is 2. The Balaban J connectivity index is 0.00000112. The van der Waals surface area contributed by atoms with Crippen LogP contribution in [0.15, 0.2) is 24.3 Å². The minimum absolute atomic E-state index is 0. The normalized spacial score (nSPS) is 17.0. The number of nitrogens with one attached hydrogen (secondary N) is 2. The summed E-state index contributed by atoms with van der Waals surface area (Å²) in [6.45, 7) is 0. The number of rotatable bonds is 2. The van der Waals surface area contributed by atoms with Crippen molar-refractivity contribution in [1.82, 2.24) is 5.32 Å². The fourth-order valence-electron chi connectivity index (χ4n) is 1.57. The van der Waals surface area contributed by atoms with Crippen LogP contribution in [0.1, 0.15) is 5.56 Å². The summed E-state index contributed by atoms with van der Waals surface area (Å²) in [5.74, 6) is -0.157. The Bertz CT molecular complexity index is 384. The van der Waals surface area contributed by atoms with Crippen molar-refractivity contribution < 1.29 is 44.6 Å². The van der Waals surface area contributed by atoms with Crippen LogP contribution in [0.5, 0.6) is 0 Å². The second-order valence-electron chi connectivity index (χ2n) is 3.19. The van der Waals surface area contributed by atoms with Crippen LogP contribution < -0.4 is 40.2 Å². The molecule has 1 unspecified atom stereocenters. The maximum absolute atomic E-state index is 11.4. The molecule has 1 aliphatic rings. The number of amides is 2. The number of para-hydroxylation sites is 1. The summed E-state index contributed by atoms with van der Waals surface area (Å²) in [5, 5.41) is 5.22. The average Bonchev–Trinajstić information content (AvgIpc) is 2.19. The first-order valence-electron chi connectivity index (χ1n) is 4.40. The molecule has 0 saturated heterocycles. The predicted octanol–water partition coefficient (Wildman–Crippen LogP) is -2.88. The van der Waals surface area contributed by atoms with Crippen molar-refractivity contribution in [3.8, 4) is 0 Å². The van der Waals surface area contributed by atoms with Gasteiger partial charge in [0.15, 0.2) is 0 Å². The number of carbonyl (C=O) groups is 2. The monoisotopic (exact) mass is 230 g/mol. The molecule has 0 aliphatic carbocycles. The molecule has 1 heterocycles. The molecular formula is C10H11N2NaO3. The molecule has 0 spiro atoms. The van der Waals surface area contributed by atoms with Crippen molar-refractivity contribution in [2.75, 3.05) is 5.32 Å². The summed E-state index contributed by atoms with van der Waals surface area (Å²) < 4.78 is 0. The van der Waals surface area contributed by atoms with Crippen molar-refractivity contribution in [3.63, 3.8) is 0 Å². The molecule has 16 heavy (non-hydrogen) atoms. The summed E-state index contributed by atoms with van der Waals surface area (Å²) in [4.78, 5) is 21.7. The summed E-state index contributed by atoms with van der Waals surface area (Å²) >= 11 is 0.